The van der Waals surface area contributed by atoms with Crippen molar-refractivity contribution in [1.82, 2.24) is 5.32 Å². The van der Waals surface area contributed by atoms with E-state index >= 15 is 0 Å². The van der Waals surface area contributed by atoms with Gasteiger partial charge in [-0.3, -0.25) is 4.79 Å². The Kier molecular flexibility index (Phi) is 5.19. The van der Waals surface area contributed by atoms with Gasteiger partial charge in [-0.25, -0.2) is 4.79 Å². The molecule has 3 N–H and O–H groups in total. The summed E-state index contributed by atoms with van der Waals surface area (Å²) in [4.78, 5) is 23.4. The highest BCUT2D eigenvalue weighted by Crippen LogP contribution is 2.30. The molecule has 0 spiro atoms. The average molecular weight is 282 g/mol. The Bertz CT molecular complexity index is 516. The van der Waals surface area contributed by atoms with Gasteiger partial charge >= 0.3 is 5.97 Å². The van der Waals surface area contributed by atoms with Gasteiger partial charge in [0.15, 0.2) is 0 Å². The number of amides is 1. The highest BCUT2D eigenvalue weighted by atomic mass is 16.5. The molecule has 0 saturated carbocycles. The predicted molar refractivity (Wildman–Crippen MR) is 72.9 cm³/mol. The van der Waals surface area contributed by atoms with Crippen LogP contribution in [0.3, 0.4) is 0 Å². The zero-order valence-corrected chi connectivity index (χ0v) is 11.9. The van der Waals surface area contributed by atoms with Gasteiger partial charge in [-0.2, -0.15) is 0 Å². The number of nitrogens with two attached hydrogens (primary N) is 1. The van der Waals surface area contributed by atoms with E-state index in [0.29, 0.717) is 11.5 Å². The van der Waals surface area contributed by atoms with E-state index in [1.807, 2.05) is 0 Å². The fraction of sp³-hybridized carbons (Fsp3) is 0.385. The highest BCUT2D eigenvalue weighted by Gasteiger charge is 2.20. The van der Waals surface area contributed by atoms with Crippen LogP contribution in [-0.4, -0.2) is 39.2 Å². The Morgan fingerprint density at radius 2 is 1.85 bits per heavy atom. The number of hydrogen-bond donors (Lipinski definition) is 2. The summed E-state index contributed by atoms with van der Waals surface area (Å²) in [5.41, 5.74) is 6.18. The monoisotopic (exact) mass is 282 g/mol. The molecule has 1 aromatic carbocycles. The third-order valence-corrected chi connectivity index (χ3v) is 2.72. The lowest BCUT2D eigenvalue weighted by molar-refractivity contribution is -0.142. The molecular weight excluding hydrogens is 264 g/mol. The molecule has 0 radical (unpaired) electrons. The van der Waals surface area contributed by atoms with Gasteiger partial charge in [0.05, 0.1) is 32.6 Å². The van der Waals surface area contributed by atoms with Gasteiger partial charge in [0.1, 0.15) is 17.5 Å². The first-order valence-electron chi connectivity index (χ1n) is 5.84. The smallest absolute Gasteiger partial charge is 0.328 e. The van der Waals surface area contributed by atoms with E-state index in [9.17, 15) is 9.59 Å². The largest absolute Gasteiger partial charge is 0.497 e. The van der Waals surface area contributed by atoms with Crippen molar-refractivity contribution in [2.24, 2.45) is 0 Å². The number of methoxy groups -OCH3 is 3. The summed E-state index contributed by atoms with van der Waals surface area (Å²) in [7, 11) is 4.14. The van der Waals surface area contributed by atoms with Crippen molar-refractivity contribution in [3.63, 3.8) is 0 Å². The second kappa shape index (κ2) is 6.65. The second-order valence-corrected chi connectivity index (χ2v) is 4.01. The van der Waals surface area contributed by atoms with Gasteiger partial charge < -0.3 is 25.3 Å². The third-order valence-electron chi connectivity index (χ3n) is 2.72. The quantitative estimate of drug-likeness (QED) is 0.605. The Morgan fingerprint density at radius 3 is 2.35 bits per heavy atom. The number of esters is 1. The van der Waals surface area contributed by atoms with Crippen LogP contribution in [0.1, 0.15) is 17.3 Å². The standard InChI is InChI=1S/C13H18N2O5/c1-7(13(17)20-4)15-12(16)9-5-8(18-2)6-10(19-3)11(9)14/h5-7H,14H2,1-4H3,(H,15,16). The number of hydrogen-bond acceptors (Lipinski definition) is 6. The normalized spacial score (nSPS) is 11.4. The lowest BCUT2D eigenvalue weighted by Crippen LogP contribution is -2.39. The molecule has 0 saturated heterocycles. The molecule has 0 aliphatic rings. The predicted octanol–water partition coefficient (Wildman–Crippen LogP) is 0.577. The summed E-state index contributed by atoms with van der Waals surface area (Å²) in [6.07, 6.45) is 0. The van der Waals surface area contributed by atoms with Crippen LogP contribution >= 0.6 is 0 Å². The number of ether oxygens (including phenoxy) is 3. The first-order chi connectivity index (χ1) is 9.44. The van der Waals surface area contributed by atoms with Crippen LogP contribution in [0.15, 0.2) is 12.1 Å². The number of nitrogen functional groups attached to an aromatic ring is 1. The first-order valence-corrected chi connectivity index (χ1v) is 5.84. The molecule has 20 heavy (non-hydrogen) atoms. The number of carbonyl (C=O) groups is 2. The summed E-state index contributed by atoms with van der Waals surface area (Å²) in [5, 5.41) is 2.49. The number of anilines is 1. The van der Waals surface area contributed by atoms with Crippen LogP contribution in [0.4, 0.5) is 5.69 Å². The van der Waals surface area contributed by atoms with Gasteiger partial charge in [-0.05, 0) is 13.0 Å². The van der Waals surface area contributed by atoms with Crippen molar-refractivity contribution >= 4 is 17.6 Å². The fourth-order valence-electron chi connectivity index (χ4n) is 1.59. The van der Waals surface area contributed by atoms with E-state index in [1.54, 1.807) is 6.07 Å². The molecule has 7 nitrogen and oxygen atoms in total. The maximum absolute atomic E-state index is 12.1. The molecule has 110 valence electrons. The lowest BCUT2D eigenvalue weighted by Gasteiger charge is -2.15. The maximum Gasteiger partial charge on any atom is 0.328 e. The van der Waals surface area contributed by atoms with Gasteiger partial charge in [0, 0.05) is 6.07 Å². The summed E-state index contributed by atoms with van der Waals surface area (Å²) in [6, 6.07) is 2.25. The summed E-state index contributed by atoms with van der Waals surface area (Å²) in [6.45, 7) is 1.51. The minimum Gasteiger partial charge on any atom is -0.497 e. The van der Waals surface area contributed by atoms with E-state index in [4.69, 9.17) is 15.2 Å². The van der Waals surface area contributed by atoms with E-state index in [2.05, 4.69) is 10.1 Å². The number of benzene rings is 1. The molecular formula is C13H18N2O5. The van der Waals surface area contributed by atoms with E-state index < -0.39 is 17.9 Å². The van der Waals surface area contributed by atoms with E-state index in [0.717, 1.165) is 0 Å². The number of carbonyl (C=O) groups excluding carboxylic acids is 2. The van der Waals surface area contributed by atoms with Crippen LogP contribution in [0.2, 0.25) is 0 Å². The number of rotatable bonds is 5. The van der Waals surface area contributed by atoms with Crippen LogP contribution in [-0.2, 0) is 9.53 Å². The first kappa shape index (κ1) is 15.6. The molecule has 1 unspecified atom stereocenters. The molecule has 0 bridgehead atoms. The van der Waals surface area contributed by atoms with Crippen LogP contribution in [0.25, 0.3) is 0 Å². The zero-order chi connectivity index (χ0) is 15.3. The lowest BCUT2D eigenvalue weighted by atomic mass is 10.1. The average Bonchev–Trinajstić information content (AvgIpc) is 2.46. The van der Waals surface area contributed by atoms with Crippen LogP contribution < -0.4 is 20.5 Å². The zero-order valence-electron chi connectivity index (χ0n) is 11.9. The minimum absolute atomic E-state index is 0.164. The molecule has 1 amide bonds. The van der Waals surface area contributed by atoms with Crippen molar-refractivity contribution in [3.8, 4) is 11.5 Å². The van der Waals surface area contributed by atoms with Gasteiger partial charge in [0.25, 0.3) is 5.91 Å². The summed E-state index contributed by atoms with van der Waals surface area (Å²) < 4.78 is 14.7. The number of nitrogens with one attached hydrogen (secondary N) is 1. The third kappa shape index (κ3) is 3.31. The second-order valence-electron chi connectivity index (χ2n) is 4.01. The van der Waals surface area contributed by atoms with Crippen LogP contribution in [0, 0.1) is 0 Å². The fourth-order valence-corrected chi connectivity index (χ4v) is 1.59. The molecule has 7 heteroatoms. The maximum atomic E-state index is 12.1. The molecule has 0 aliphatic heterocycles. The van der Waals surface area contributed by atoms with Gasteiger partial charge in [0.2, 0.25) is 0 Å². The van der Waals surface area contributed by atoms with Crippen molar-refractivity contribution in [2.75, 3.05) is 27.1 Å². The molecule has 1 rings (SSSR count). The molecule has 0 heterocycles. The summed E-state index contributed by atoms with van der Waals surface area (Å²) >= 11 is 0. The van der Waals surface area contributed by atoms with E-state index in [-0.39, 0.29) is 11.3 Å². The highest BCUT2D eigenvalue weighted by molar-refractivity contribution is 6.02. The molecule has 0 aliphatic carbocycles. The van der Waals surface area contributed by atoms with Crippen molar-refractivity contribution < 1.29 is 23.8 Å². The minimum atomic E-state index is -0.788. The molecule has 1 aromatic rings. The molecule has 1 atom stereocenters. The Balaban J connectivity index is 3.06. The molecule has 0 fully saturated rings. The SMILES string of the molecule is COC(=O)C(C)NC(=O)c1cc(OC)cc(OC)c1N. The van der Waals surface area contributed by atoms with E-state index in [1.165, 1.54) is 34.3 Å². The Labute approximate surface area is 117 Å². The topological polar surface area (TPSA) is 99.9 Å². The van der Waals surface area contributed by atoms with Crippen molar-refractivity contribution in [2.45, 2.75) is 13.0 Å². The van der Waals surface area contributed by atoms with Gasteiger partial charge in [-0.15, -0.1) is 0 Å². The van der Waals surface area contributed by atoms with Crippen LogP contribution in [0.5, 0.6) is 11.5 Å². The van der Waals surface area contributed by atoms with Crippen molar-refractivity contribution in [3.05, 3.63) is 17.7 Å². The molecule has 0 aromatic heterocycles. The van der Waals surface area contributed by atoms with Crippen molar-refractivity contribution in [1.29, 1.82) is 0 Å². The van der Waals surface area contributed by atoms with Gasteiger partial charge in [-0.1, -0.05) is 0 Å². The Hall–Kier alpha value is -2.44. The Morgan fingerprint density at radius 1 is 1.20 bits per heavy atom. The summed E-state index contributed by atoms with van der Waals surface area (Å²) in [5.74, 6) is -0.323.